The molecule has 0 aromatic heterocycles. The van der Waals surface area contributed by atoms with E-state index in [4.69, 9.17) is 4.74 Å². The van der Waals surface area contributed by atoms with Crippen LogP contribution in [0.25, 0.3) is 0 Å². The minimum absolute atomic E-state index is 0.529. The smallest absolute Gasteiger partial charge is 0.416 e. The molecule has 124 valence electrons. The van der Waals surface area contributed by atoms with Crippen molar-refractivity contribution in [3.05, 3.63) is 29.8 Å². The average molecular weight is 314 g/mol. The molecule has 1 aromatic rings. The van der Waals surface area contributed by atoms with Gasteiger partial charge in [0.2, 0.25) is 0 Å². The first-order valence-electron chi connectivity index (χ1n) is 8.29. The van der Waals surface area contributed by atoms with Gasteiger partial charge in [-0.1, -0.05) is 39.0 Å². The summed E-state index contributed by atoms with van der Waals surface area (Å²) in [5.41, 5.74) is -0.628. The van der Waals surface area contributed by atoms with E-state index in [0.29, 0.717) is 18.3 Å². The third kappa shape index (κ3) is 5.22. The third-order valence-electron chi connectivity index (χ3n) is 4.60. The lowest BCUT2D eigenvalue weighted by molar-refractivity contribution is -0.137. The molecule has 0 bridgehead atoms. The van der Waals surface area contributed by atoms with Gasteiger partial charge < -0.3 is 4.74 Å². The Morgan fingerprint density at radius 2 is 1.59 bits per heavy atom. The van der Waals surface area contributed by atoms with Gasteiger partial charge in [-0.2, -0.15) is 13.2 Å². The molecule has 1 aliphatic rings. The molecule has 0 heterocycles. The number of hydrogen-bond acceptors (Lipinski definition) is 1. The van der Waals surface area contributed by atoms with Crippen molar-refractivity contribution in [2.75, 3.05) is 6.61 Å². The first kappa shape index (κ1) is 17.2. The molecule has 0 amide bonds. The van der Waals surface area contributed by atoms with Crippen LogP contribution < -0.4 is 4.74 Å². The second kappa shape index (κ2) is 7.89. The van der Waals surface area contributed by atoms with Gasteiger partial charge in [0, 0.05) is 0 Å². The quantitative estimate of drug-likeness (QED) is 0.618. The van der Waals surface area contributed by atoms with E-state index in [9.17, 15) is 13.2 Å². The summed E-state index contributed by atoms with van der Waals surface area (Å²) in [4.78, 5) is 0. The monoisotopic (exact) mass is 314 g/mol. The molecular formula is C18H25F3O. The summed E-state index contributed by atoms with van der Waals surface area (Å²) < 4.78 is 43.1. The molecule has 0 N–H and O–H groups in total. The van der Waals surface area contributed by atoms with Crippen molar-refractivity contribution in [2.24, 2.45) is 11.8 Å². The third-order valence-corrected chi connectivity index (χ3v) is 4.60. The Labute approximate surface area is 130 Å². The highest BCUT2D eigenvalue weighted by Crippen LogP contribution is 2.33. The molecule has 2 rings (SSSR count). The van der Waals surface area contributed by atoms with E-state index in [1.165, 1.54) is 57.1 Å². The van der Waals surface area contributed by atoms with Crippen LogP contribution >= 0.6 is 0 Å². The maximum atomic E-state index is 12.5. The van der Waals surface area contributed by atoms with Crippen LogP contribution in [0.2, 0.25) is 0 Å². The Kier molecular flexibility index (Phi) is 6.16. The highest BCUT2D eigenvalue weighted by Gasteiger charge is 2.30. The fourth-order valence-electron chi connectivity index (χ4n) is 3.13. The predicted octanol–water partition coefficient (Wildman–Crippen LogP) is 6.08. The Balaban J connectivity index is 1.73. The van der Waals surface area contributed by atoms with Crippen LogP contribution in [-0.2, 0) is 6.18 Å². The van der Waals surface area contributed by atoms with Crippen LogP contribution in [0.15, 0.2) is 24.3 Å². The van der Waals surface area contributed by atoms with Crippen LogP contribution in [-0.4, -0.2) is 6.61 Å². The standard InChI is InChI=1S/C18H25F3O/c1-2-3-4-14-5-7-15(8-6-14)13-22-17-11-9-16(10-12-17)18(19,20)21/h9-12,14-15H,2-8,13H2,1H3/t14-,15-. The van der Waals surface area contributed by atoms with Crippen molar-refractivity contribution in [3.63, 3.8) is 0 Å². The molecule has 4 heteroatoms. The summed E-state index contributed by atoms with van der Waals surface area (Å²) >= 11 is 0. The second-order valence-corrected chi connectivity index (χ2v) is 6.36. The Bertz CT molecular complexity index is 431. The van der Waals surface area contributed by atoms with Gasteiger partial charge in [-0.05, 0) is 48.9 Å². The maximum absolute atomic E-state index is 12.5. The molecule has 22 heavy (non-hydrogen) atoms. The molecule has 0 atom stereocenters. The number of rotatable bonds is 6. The summed E-state index contributed by atoms with van der Waals surface area (Å²) in [7, 11) is 0. The van der Waals surface area contributed by atoms with E-state index in [1.807, 2.05) is 0 Å². The first-order chi connectivity index (χ1) is 10.5. The molecule has 0 radical (unpaired) electrons. The topological polar surface area (TPSA) is 9.23 Å². The van der Waals surface area contributed by atoms with Crippen LogP contribution in [0.1, 0.15) is 57.4 Å². The lowest BCUT2D eigenvalue weighted by Crippen LogP contribution is -2.20. The Morgan fingerprint density at radius 1 is 1.00 bits per heavy atom. The number of unbranched alkanes of at least 4 members (excludes halogenated alkanes) is 1. The second-order valence-electron chi connectivity index (χ2n) is 6.36. The fourth-order valence-corrected chi connectivity index (χ4v) is 3.13. The van der Waals surface area contributed by atoms with E-state index in [2.05, 4.69) is 6.92 Å². The van der Waals surface area contributed by atoms with Crippen LogP contribution in [0.3, 0.4) is 0 Å². The average Bonchev–Trinajstić information content (AvgIpc) is 2.51. The minimum atomic E-state index is -4.28. The molecule has 0 aliphatic heterocycles. The zero-order chi connectivity index (χ0) is 16.0. The van der Waals surface area contributed by atoms with E-state index in [-0.39, 0.29) is 0 Å². The number of ether oxygens (including phenoxy) is 1. The molecule has 0 saturated heterocycles. The van der Waals surface area contributed by atoms with Gasteiger partial charge in [0.05, 0.1) is 12.2 Å². The SMILES string of the molecule is CCCC[C@H]1CC[C@H](COc2ccc(C(F)(F)F)cc2)CC1. The van der Waals surface area contributed by atoms with Crippen molar-refractivity contribution < 1.29 is 17.9 Å². The minimum Gasteiger partial charge on any atom is -0.493 e. The summed E-state index contributed by atoms with van der Waals surface area (Å²) in [5.74, 6) is 1.93. The molecular weight excluding hydrogens is 289 g/mol. The summed E-state index contributed by atoms with van der Waals surface area (Å²) in [6.45, 7) is 2.84. The molecule has 1 fully saturated rings. The van der Waals surface area contributed by atoms with Crippen LogP contribution in [0.5, 0.6) is 5.75 Å². The highest BCUT2D eigenvalue weighted by atomic mass is 19.4. The lowest BCUT2D eigenvalue weighted by atomic mass is 9.80. The van der Waals surface area contributed by atoms with Crippen LogP contribution in [0.4, 0.5) is 13.2 Å². The van der Waals surface area contributed by atoms with Crippen LogP contribution in [0, 0.1) is 11.8 Å². The van der Waals surface area contributed by atoms with E-state index in [1.54, 1.807) is 0 Å². The summed E-state index contributed by atoms with van der Waals surface area (Å²) in [6, 6.07) is 4.99. The fraction of sp³-hybridized carbons (Fsp3) is 0.667. The van der Waals surface area contributed by atoms with Gasteiger partial charge in [0.1, 0.15) is 5.75 Å². The van der Waals surface area contributed by atoms with Gasteiger partial charge >= 0.3 is 6.18 Å². The normalized spacial score (nSPS) is 22.5. The van der Waals surface area contributed by atoms with Crippen molar-refractivity contribution in [2.45, 2.75) is 58.0 Å². The van der Waals surface area contributed by atoms with Gasteiger partial charge in [-0.25, -0.2) is 0 Å². The molecule has 0 unspecified atom stereocenters. The number of hydrogen-bond donors (Lipinski definition) is 0. The Morgan fingerprint density at radius 3 is 2.14 bits per heavy atom. The first-order valence-corrected chi connectivity index (χ1v) is 8.29. The number of benzene rings is 1. The molecule has 1 aromatic carbocycles. The van der Waals surface area contributed by atoms with Crippen molar-refractivity contribution in [1.82, 2.24) is 0 Å². The van der Waals surface area contributed by atoms with Gasteiger partial charge in [0.15, 0.2) is 0 Å². The number of halogens is 3. The van der Waals surface area contributed by atoms with Gasteiger partial charge in [-0.15, -0.1) is 0 Å². The molecule has 1 aliphatic carbocycles. The van der Waals surface area contributed by atoms with Gasteiger partial charge in [-0.3, -0.25) is 0 Å². The van der Waals surface area contributed by atoms with Crippen molar-refractivity contribution in [3.8, 4) is 5.75 Å². The van der Waals surface area contributed by atoms with Crippen molar-refractivity contribution in [1.29, 1.82) is 0 Å². The van der Waals surface area contributed by atoms with E-state index in [0.717, 1.165) is 18.1 Å². The van der Waals surface area contributed by atoms with E-state index < -0.39 is 11.7 Å². The Hall–Kier alpha value is -1.19. The number of alkyl halides is 3. The highest BCUT2D eigenvalue weighted by molar-refractivity contribution is 5.28. The molecule has 0 spiro atoms. The largest absolute Gasteiger partial charge is 0.493 e. The summed E-state index contributed by atoms with van der Waals surface area (Å²) in [5, 5.41) is 0. The van der Waals surface area contributed by atoms with Gasteiger partial charge in [0.25, 0.3) is 0 Å². The van der Waals surface area contributed by atoms with E-state index >= 15 is 0 Å². The molecule has 1 saturated carbocycles. The zero-order valence-corrected chi connectivity index (χ0v) is 13.2. The van der Waals surface area contributed by atoms with Crippen molar-refractivity contribution >= 4 is 0 Å². The molecule has 1 nitrogen and oxygen atoms in total. The predicted molar refractivity (Wildman–Crippen MR) is 81.9 cm³/mol. The zero-order valence-electron chi connectivity index (χ0n) is 13.2. The maximum Gasteiger partial charge on any atom is 0.416 e. The summed E-state index contributed by atoms with van der Waals surface area (Å²) in [6.07, 6.45) is 4.51. The lowest BCUT2D eigenvalue weighted by Gasteiger charge is -2.28.